The average Bonchev–Trinajstić information content (AvgIpc) is 3.02. The van der Waals surface area contributed by atoms with E-state index in [2.05, 4.69) is 4.99 Å². The van der Waals surface area contributed by atoms with Crippen molar-refractivity contribution in [2.75, 3.05) is 21.3 Å². The molecule has 2 aromatic rings. The summed E-state index contributed by atoms with van der Waals surface area (Å²) < 4.78 is 15.3. The third kappa shape index (κ3) is 4.38. The number of aliphatic hydroxyl groups excluding tert-OH is 1. The van der Waals surface area contributed by atoms with Gasteiger partial charge >= 0.3 is 5.97 Å². The van der Waals surface area contributed by atoms with Gasteiger partial charge in [-0.15, -0.1) is 0 Å². The van der Waals surface area contributed by atoms with E-state index < -0.39 is 5.97 Å². The molecule has 8 heteroatoms. The van der Waals surface area contributed by atoms with Crippen LogP contribution in [0.1, 0.15) is 5.56 Å². The van der Waals surface area contributed by atoms with Crippen LogP contribution in [0.15, 0.2) is 63.7 Å². The molecule has 0 saturated carbocycles. The second kappa shape index (κ2) is 8.74. The van der Waals surface area contributed by atoms with Gasteiger partial charge in [-0.25, -0.2) is 9.79 Å². The van der Waals surface area contributed by atoms with E-state index in [-0.39, 0.29) is 22.1 Å². The zero-order chi connectivity index (χ0) is 21.0. The minimum Gasteiger partial charge on any atom is -0.508 e. The lowest BCUT2D eigenvalue weighted by molar-refractivity contribution is -0.135. The number of carbonyl (C=O) groups excluding carboxylic acids is 1. The Kier molecular flexibility index (Phi) is 6.13. The number of methoxy groups -OCH3 is 3. The number of thioether (sulfide) groups is 1. The van der Waals surface area contributed by atoms with Gasteiger partial charge in [-0.2, -0.15) is 0 Å². The van der Waals surface area contributed by atoms with Gasteiger partial charge in [0.1, 0.15) is 22.1 Å². The van der Waals surface area contributed by atoms with Crippen molar-refractivity contribution in [1.29, 1.82) is 0 Å². The number of phenolic OH excluding ortho intramolecular Hbond substituents is 1. The van der Waals surface area contributed by atoms with Gasteiger partial charge in [0, 0.05) is 6.07 Å². The van der Waals surface area contributed by atoms with Crippen LogP contribution in [0.25, 0.3) is 6.08 Å². The maximum atomic E-state index is 12.3. The van der Waals surface area contributed by atoms with Crippen LogP contribution < -0.4 is 9.47 Å². The van der Waals surface area contributed by atoms with Crippen molar-refractivity contribution in [3.63, 3.8) is 0 Å². The normalized spacial score (nSPS) is 16.4. The second-order valence-corrected chi connectivity index (χ2v) is 6.91. The number of aliphatic hydroxyl groups is 1. The van der Waals surface area contributed by atoms with Crippen LogP contribution >= 0.6 is 11.8 Å². The van der Waals surface area contributed by atoms with Crippen LogP contribution in [0.2, 0.25) is 0 Å². The van der Waals surface area contributed by atoms with Crippen molar-refractivity contribution in [1.82, 2.24) is 0 Å². The van der Waals surface area contributed by atoms with Crippen LogP contribution in [0.4, 0.5) is 5.69 Å². The number of phenols is 1. The molecule has 0 atom stereocenters. The van der Waals surface area contributed by atoms with Crippen LogP contribution in [0.5, 0.6) is 17.2 Å². The number of rotatable bonds is 5. The lowest BCUT2D eigenvalue weighted by Crippen LogP contribution is -2.10. The average molecular weight is 413 g/mol. The number of carbonyl (C=O) groups is 1. The highest BCUT2D eigenvalue weighted by atomic mass is 32.2. The van der Waals surface area contributed by atoms with Crippen LogP contribution in [0.3, 0.4) is 0 Å². The Balaban J connectivity index is 2.05. The zero-order valence-corrected chi connectivity index (χ0v) is 16.8. The molecule has 0 spiro atoms. The molecule has 0 saturated heterocycles. The van der Waals surface area contributed by atoms with Gasteiger partial charge in [0.25, 0.3) is 0 Å². The minimum atomic E-state index is -0.700. The fourth-order valence-electron chi connectivity index (χ4n) is 2.67. The van der Waals surface area contributed by atoms with Crippen molar-refractivity contribution in [2.45, 2.75) is 0 Å². The van der Waals surface area contributed by atoms with Crippen LogP contribution in [0, 0.1) is 0 Å². The summed E-state index contributed by atoms with van der Waals surface area (Å²) in [4.78, 5) is 17.2. The van der Waals surface area contributed by atoms with Gasteiger partial charge in [-0.3, -0.25) is 0 Å². The Bertz CT molecular complexity index is 1040. The van der Waals surface area contributed by atoms with Gasteiger partial charge in [-0.05, 0) is 35.9 Å². The van der Waals surface area contributed by atoms with E-state index in [1.807, 2.05) is 0 Å². The highest BCUT2D eigenvalue weighted by Gasteiger charge is 2.33. The van der Waals surface area contributed by atoms with E-state index in [1.54, 1.807) is 48.5 Å². The predicted molar refractivity (Wildman–Crippen MR) is 112 cm³/mol. The van der Waals surface area contributed by atoms with E-state index in [9.17, 15) is 15.0 Å². The largest absolute Gasteiger partial charge is 0.508 e. The topological polar surface area (TPSA) is 97.6 Å². The number of esters is 1. The maximum absolute atomic E-state index is 12.3. The number of aliphatic imine (C=N–C) groups is 1. The first kappa shape index (κ1) is 20.3. The molecule has 0 unspecified atom stereocenters. The van der Waals surface area contributed by atoms with Crippen molar-refractivity contribution < 1.29 is 29.2 Å². The van der Waals surface area contributed by atoms with E-state index in [0.717, 1.165) is 11.8 Å². The molecule has 1 aliphatic heterocycles. The highest BCUT2D eigenvalue weighted by Crippen LogP contribution is 2.41. The number of nitrogens with zero attached hydrogens (tertiary/aromatic N) is 1. The molecule has 0 aromatic heterocycles. The van der Waals surface area contributed by atoms with E-state index in [1.165, 1.54) is 21.3 Å². The molecule has 1 heterocycles. The molecule has 150 valence electrons. The molecule has 0 bridgehead atoms. The minimum absolute atomic E-state index is 0.0290. The first-order valence-electron chi connectivity index (χ1n) is 8.48. The van der Waals surface area contributed by atoms with Crippen molar-refractivity contribution in [3.05, 3.63) is 64.3 Å². The molecular weight excluding hydrogens is 394 g/mol. The first-order chi connectivity index (χ1) is 14.0. The third-order valence-electron chi connectivity index (χ3n) is 4.05. The summed E-state index contributed by atoms with van der Waals surface area (Å²) in [5, 5.41) is 20.5. The van der Waals surface area contributed by atoms with Crippen molar-refractivity contribution in [2.24, 2.45) is 4.99 Å². The molecule has 0 aliphatic carbocycles. The Labute approximate surface area is 171 Å². The molecule has 29 heavy (non-hydrogen) atoms. The van der Waals surface area contributed by atoms with Crippen molar-refractivity contribution in [3.8, 4) is 17.2 Å². The molecular formula is C21H19NO6S. The van der Waals surface area contributed by atoms with Gasteiger partial charge in [0.15, 0.2) is 11.5 Å². The molecule has 2 aromatic carbocycles. The van der Waals surface area contributed by atoms with E-state index in [4.69, 9.17) is 14.2 Å². The number of ether oxygens (including phenoxy) is 3. The lowest BCUT2D eigenvalue weighted by Gasteiger charge is -2.08. The Morgan fingerprint density at radius 2 is 1.79 bits per heavy atom. The summed E-state index contributed by atoms with van der Waals surface area (Å²) in [5.41, 5.74) is 1.15. The molecule has 3 rings (SSSR count). The summed E-state index contributed by atoms with van der Waals surface area (Å²) in [5.74, 6) is 0.198. The molecule has 2 N–H and O–H groups in total. The monoisotopic (exact) mass is 413 g/mol. The lowest BCUT2D eigenvalue weighted by atomic mass is 10.1. The Morgan fingerprint density at radius 3 is 2.45 bits per heavy atom. The fraction of sp³-hybridized carbons (Fsp3) is 0.143. The Morgan fingerprint density at radius 1 is 1.03 bits per heavy atom. The quantitative estimate of drug-likeness (QED) is 0.709. The highest BCUT2D eigenvalue weighted by molar-refractivity contribution is 8.18. The number of hydrogen-bond acceptors (Lipinski definition) is 8. The molecule has 7 nitrogen and oxygen atoms in total. The van der Waals surface area contributed by atoms with Crippen LogP contribution in [-0.2, 0) is 9.53 Å². The summed E-state index contributed by atoms with van der Waals surface area (Å²) >= 11 is 1.12. The predicted octanol–water partition coefficient (Wildman–Crippen LogP) is 4.21. The van der Waals surface area contributed by atoms with Gasteiger partial charge < -0.3 is 24.4 Å². The maximum Gasteiger partial charge on any atom is 0.344 e. The summed E-state index contributed by atoms with van der Waals surface area (Å²) in [7, 11) is 4.28. The first-order valence-corrected chi connectivity index (χ1v) is 9.30. The zero-order valence-electron chi connectivity index (χ0n) is 16.0. The smallest absolute Gasteiger partial charge is 0.344 e. The molecule has 0 amide bonds. The van der Waals surface area contributed by atoms with Gasteiger partial charge in [-0.1, -0.05) is 23.9 Å². The summed E-state index contributed by atoms with van der Waals surface area (Å²) in [6, 6.07) is 11.6. The number of aromatic hydroxyl groups is 1. The molecule has 0 radical (unpaired) electrons. The van der Waals surface area contributed by atoms with E-state index in [0.29, 0.717) is 27.7 Å². The van der Waals surface area contributed by atoms with E-state index >= 15 is 0 Å². The molecule has 0 fully saturated rings. The van der Waals surface area contributed by atoms with Crippen molar-refractivity contribution >= 4 is 34.5 Å². The number of hydrogen-bond donors (Lipinski definition) is 2. The summed E-state index contributed by atoms with van der Waals surface area (Å²) in [6.45, 7) is 0. The summed E-state index contributed by atoms with van der Waals surface area (Å²) in [6.07, 6.45) is 1.65. The molecule has 1 aliphatic rings. The van der Waals surface area contributed by atoms with Gasteiger partial charge in [0.2, 0.25) is 0 Å². The van der Waals surface area contributed by atoms with Gasteiger partial charge in [0.05, 0.1) is 31.9 Å². The number of benzene rings is 2. The standard InChI is InChI=1S/C21H19NO6S/c1-26-15-8-7-13(11-16(15)27-2)22-20-18(21(25)28-3)19(24)17(29-20)10-12-5-4-6-14(23)9-12/h4-11,23-24H,1-3H3/b17-10+,22-20?. The SMILES string of the molecule is COC(=O)C1=C(O)/C(=C\c2cccc(O)c2)SC1=Nc1ccc(OC)c(OC)c1. The second-order valence-electron chi connectivity index (χ2n) is 5.88. The third-order valence-corrected chi connectivity index (χ3v) is 5.07. The Hall–Kier alpha value is -3.39. The fourth-order valence-corrected chi connectivity index (χ4v) is 3.70. The van der Waals surface area contributed by atoms with Crippen LogP contribution in [-0.4, -0.2) is 42.6 Å².